The summed E-state index contributed by atoms with van der Waals surface area (Å²) in [5.74, 6) is -0.214. The topological polar surface area (TPSA) is 98.5 Å². The van der Waals surface area contributed by atoms with Crippen molar-refractivity contribution >= 4 is 17.6 Å². The molecule has 0 radical (unpaired) electrons. The van der Waals surface area contributed by atoms with Crippen molar-refractivity contribution in [2.24, 2.45) is 0 Å². The zero-order valence-corrected chi connectivity index (χ0v) is 15.2. The molecule has 7 heteroatoms. The third kappa shape index (κ3) is 7.12. The van der Waals surface area contributed by atoms with E-state index in [1.807, 2.05) is 26.8 Å². The summed E-state index contributed by atoms with van der Waals surface area (Å²) < 4.78 is 4.84. The molecule has 0 aromatic heterocycles. The molecule has 0 unspecified atom stereocenters. The van der Waals surface area contributed by atoms with Gasteiger partial charge in [-0.15, -0.1) is 0 Å². The van der Waals surface area contributed by atoms with Crippen LogP contribution < -0.4 is 5.32 Å². The average molecular weight is 358 g/mol. The lowest BCUT2D eigenvalue weighted by molar-refractivity contribution is -0.384. The van der Waals surface area contributed by atoms with Crippen LogP contribution >= 0.6 is 0 Å². The van der Waals surface area contributed by atoms with Gasteiger partial charge in [0.25, 0.3) is 5.69 Å². The number of amides is 1. The third-order valence-electron chi connectivity index (χ3n) is 2.96. The number of nitrogens with zero attached hydrogens (tertiary/aromatic N) is 1. The van der Waals surface area contributed by atoms with E-state index in [9.17, 15) is 19.7 Å². The molecule has 1 N–H and O–H groups in total. The molecule has 0 spiro atoms. The Balaban J connectivity index is 0.000000321. The van der Waals surface area contributed by atoms with Crippen LogP contribution in [-0.2, 0) is 4.74 Å². The van der Waals surface area contributed by atoms with E-state index in [1.54, 1.807) is 30.3 Å². The molecular weight excluding hydrogens is 336 g/mol. The summed E-state index contributed by atoms with van der Waals surface area (Å²) in [5, 5.41) is 13.0. The van der Waals surface area contributed by atoms with Crippen molar-refractivity contribution in [3.05, 3.63) is 75.8 Å². The van der Waals surface area contributed by atoms with Gasteiger partial charge in [0.05, 0.1) is 4.92 Å². The molecule has 26 heavy (non-hydrogen) atoms. The van der Waals surface area contributed by atoms with Gasteiger partial charge in [-0.1, -0.05) is 42.5 Å². The number of rotatable bonds is 3. The molecule has 0 aliphatic rings. The summed E-state index contributed by atoms with van der Waals surface area (Å²) in [6, 6.07) is 14.4. The third-order valence-corrected chi connectivity index (χ3v) is 2.96. The second-order valence-corrected chi connectivity index (χ2v) is 6.25. The zero-order valence-electron chi connectivity index (χ0n) is 15.2. The van der Waals surface area contributed by atoms with Gasteiger partial charge in [-0.05, 0) is 20.8 Å². The minimum Gasteiger partial charge on any atom is -0.444 e. The molecule has 0 aliphatic carbocycles. The highest BCUT2D eigenvalue weighted by Gasteiger charge is 2.14. The van der Waals surface area contributed by atoms with Gasteiger partial charge in [-0.3, -0.25) is 14.9 Å². The summed E-state index contributed by atoms with van der Waals surface area (Å²) in [4.78, 5) is 32.6. The first-order valence-corrected chi connectivity index (χ1v) is 7.89. The van der Waals surface area contributed by atoms with Gasteiger partial charge in [0.2, 0.25) is 0 Å². The molecule has 138 valence electrons. The Morgan fingerprint density at radius 1 is 1.00 bits per heavy atom. The molecule has 0 fully saturated rings. The van der Waals surface area contributed by atoms with E-state index in [-0.39, 0.29) is 23.2 Å². The first-order valence-electron chi connectivity index (χ1n) is 7.89. The van der Waals surface area contributed by atoms with Crippen LogP contribution in [0.15, 0.2) is 54.6 Å². The van der Waals surface area contributed by atoms with Crippen molar-refractivity contribution in [1.29, 1.82) is 0 Å². The van der Waals surface area contributed by atoms with Crippen molar-refractivity contribution in [2.45, 2.75) is 26.4 Å². The molecule has 1 amide bonds. The van der Waals surface area contributed by atoms with Gasteiger partial charge in [-0.25, -0.2) is 4.79 Å². The highest BCUT2D eigenvalue weighted by atomic mass is 16.6. The summed E-state index contributed by atoms with van der Waals surface area (Å²) in [6.45, 7) is 5.46. The van der Waals surface area contributed by atoms with Gasteiger partial charge in [0.15, 0.2) is 5.78 Å². The summed E-state index contributed by atoms with van der Waals surface area (Å²) >= 11 is 0. The second-order valence-electron chi connectivity index (χ2n) is 6.25. The number of hydrogen-bond donors (Lipinski definition) is 1. The van der Waals surface area contributed by atoms with E-state index in [0.717, 1.165) is 0 Å². The Morgan fingerprint density at radius 2 is 1.58 bits per heavy atom. The number of non-ortho nitro benzene ring substituents is 1. The van der Waals surface area contributed by atoms with Crippen LogP contribution in [0.1, 0.15) is 36.7 Å². The Kier molecular flexibility index (Phi) is 7.46. The fourth-order valence-corrected chi connectivity index (χ4v) is 1.85. The summed E-state index contributed by atoms with van der Waals surface area (Å²) in [5.41, 5.74) is 0.380. The number of alkyl carbamates (subject to hydrolysis) is 1. The number of nitro groups is 1. The number of carbonyl (C=O) groups excluding carboxylic acids is 2. The first-order chi connectivity index (χ1) is 12.1. The molecule has 2 rings (SSSR count). The van der Waals surface area contributed by atoms with Gasteiger partial charge in [0, 0.05) is 30.3 Å². The lowest BCUT2D eigenvalue weighted by Crippen LogP contribution is -2.30. The van der Waals surface area contributed by atoms with Gasteiger partial charge in [-0.2, -0.15) is 0 Å². The highest BCUT2D eigenvalue weighted by molar-refractivity contribution is 6.09. The highest BCUT2D eigenvalue weighted by Crippen LogP contribution is 2.16. The molecule has 0 bridgehead atoms. The van der Waals surface area contributed by atoms with Crippen molar-refractivity contribution in [1.82, 2.24) is 5.32 Å². The van der Waals surface area contributed by atoms with Gasteiger partial charge < -0.3 is 10.1 Å². The number of carbonyl (C=O) groups is 2. The molecule has 2 aromatic rings. The van der Waals surface area contributed by atoms with Crippen LogP contribution in [0.2, 0.25) is 0 Å². The fraction of sp³-hybridized carbons (Fsp3) is 0.263. The number of nitro benzene ring substituents is 1. The maximum atomic E-state index is 12.0. The molecule has 7 nitrogen and oxygen atoms in total. The van der Waals surface area contributed by atoms with Crippen molar-refractivity contribution < 1.29 is 19.2 Å². The minimum absolute atomic E-state index is 0.0771. The van der Waals surface area contributed by atoms with Gasteiger partial charge in [0.1, 0.15) is 5.60 Å². The van der Waals surface area contributed by atoms with Crippen molar-refractivity contribution in [3.63, 3.8) is 0 Å². The molecule has 0 atom stereocenters. The zero-order chi connectivity index (χ0) is 19.7. The monoisotopic (exact) mass is 358 g/mol. The largest absolute Gasteiger partial charge is 0.444 e. The predicted molar refractivity (Wildman–Crippen MR) is 98.3 cm³/mol. The minimum atomic E-state index is -0.512. The Morgan fingerprint density at radius 3 is 2.04 bits per heavy atom. The lowest BCUT2D eigenvalue weighted by atomic mass is 10.0. The van der Waals surface area contributed by atoms with E-state index in [4.69, 9.17) is 4.74 Å². The number of nitrogens with one attached hydrogen (secondary N) is 1. The number of benzene rings is 2. The Labute approximate surface area is 152 Å². The van der Waals surface area contributed by atoms with E-state index < -0.39 is 4.92 Å². The molecule has 0 saturated carbocycles. The fourth-order valence-electron chi connectivity index (χ4n) is 1.85. The Hall–Kier alpha value is -3.22. The Bertz CT molecular complexity index is 767. The average Bonchev–Trinajstić information content (AvgIpc) is 2.61. The first kappa shape index (κ1) is 20.8. The van der Waals surface area contributed by atoms with Crippen LogP contribution in [0.5, 0.6) is 0 Å². The SMILES string of the molecule is CNC(=O)OC(C)(C)C.O=C(c1ccccc1)c1cccc([N+](=O)[O-])c1. The number of ether oxygens (including phenoxy) is 1. The predicted octanol–water partition coefficient (Wildman–Crippen LogP) is 3.97. The normalized spacial score (nSPS) is 10.2. The molecule has 0 heterocycles. The lowest BCUT2D eigenvalue weighted by Gasteiger charge is -2.18. The van der Waals surface area contributed by atoms with Crippen LogP contribution in [0, 0.1) is 10.1 Å². The second kappa shape index (κ2) is 9.31. The molecule has 2 aromatic carbocycles. The van der Waals surface area contributed by atoms with Gasteiger partial charge >= 0.3 is 6.09 Å². The molecular formula is C19H22N2O5. The molecule has 0 aliphatic heterocycles. The van der Waals surface area contributed by atoms with Crippen LogP contribution in [0.3, 0.4) is 0 Å². The summed E-state index contributed by atoms with van der Waals surface area (Å²) in [7, 11) is 1.54. The van der Waals surface area contributed by atoms with Crippen molar-refractivity contribution in [3.8, 4) is 0 Å². The smallest absolute Gasteiger partial charge is 0.407 e. The van der Waals surface area contributed by atoms with E-state index in [0.29, 0.717) is 11.1 Å². The standard InChI is InChI=1S/C13H9NO3.C6H13NO2/c15-13(10-5-2-1-3-6-10)11-7-4-8-12(9-11)14(16)17;1-6(2,3)9-5(8)7-4/h1-9H;1-4H3,(H,7,8). The maximum Gasteiger partial charge on any atom is 0.407 e. The van der Waals surface area contributed by atoms with E-state index >= 15 is 0 Å². The quantitative estimate of drug-likeness (QED) is 0.508. The summed E-state index contributed by atoms with van der Waals surface area (Å²) in [6.07, 6.45) is -0.387. The van der Waals surface area contributed by atoms with Crippen LogP contribution in [0.4, 0.5) is 10.5 Å². The maximum absolute atomic E-state index is 12.0. The number of ketones is 1. The van der Waals surface area contributed by atoms with Crippen molar-refractivity contribution in [2.75, 3.05) is 7.05 Å². The van der Waals surface area contributed by atoms with E-state index in [1.165, 1.54) is 25.2 Å². The van der Waals surface area contributed by atoms with Crippen LogP contribution in [0.25, 0.3) is 0 Å². The van der Waals surface area contributed by atoms with E-state index in [2.05, 4.69) is 5.32 Å². The number of hydrogen-bond acceptors (Lipinski definition) is 5. The van der Waals surface area contributed by atoms with Crippen LogP contribution in [-0.4, -0.2) is 29.4 Å². The molecule has 0 saturated heterocycles.